The van der Waals surface area contributed by atoms with Crippen LogP contribution >= 0.6 is 0 Å². The van der Waals surface area contributed by atoms with Crippen molar-refractivity contribution in [2.45, 2.75) is 39.2 Å². The zero-order valence-electron chi connectivity index (χ0n) is 12.0. The summed E-state index contributed by atoms with van der Waals surface area (Å²) in [7, 11) is 1.75. The van der Waals surface area contributed by atoms with E-state index in [-0.39, 0.29) is 5.60 Å². The van der Waals surface area contributed by atoms with Crippen molar-refractivity contribution in [2.24, 2.45) is 0 Å². The van der Waals surface area contributed by atoms with E-state index in [9.17, 15) is 0 Å². The van der Waals surface area contributed by atoms with E-state index < -0.39 is 0 Å². The van der Waals surface area contributed by atoms with E-state index in [1.165, 1.54) is 0 Å². The molecule has 0 saturated carbocycles. The number of anilines is 1. The number of nitrogens with one attached hydrogen (secondary N) is 1. The van der Waals surface area contributed by atoms with Gasteiger partial charge in [0.1, 0.15) is 5.75 Å². The summed E-state index contributed by atoms with van der Waals surface area (Å²) in [5, 5.41) is 3.39. The molecule has 0 atom stereocenters. The van der Waals surface area contributed by atoms with Gasteiger partial charge in [0.15, 0.2) is 0 Å². The Labute approximate surface area is 110 Å². The molecule has 0 unspecified atom stereocenters. The molecule has 0 fully saturated rings. The van der Waals surface area contributed by atoms with Gasteiger partial charge in [-0.25, -0.2) is 0 Å². The normalized spacial score (nSPS) is 11.3. The highest BCUT2D eigenvalue weighted by Gasteiger charge is 2.15. The third-order valence-corrected chi connectivity index (χ3v) is 2.92. The van der Waals surface area contributed by atoms with Crippen LogP contribution in [0.25, 0.3) is 0 Å². The summed E-state index contributed by atoms with van der Waals surface area (Å²) >= 11 is 0. The van der Waals surface area contributed by atoms with Gasteiger partial charge in [0.2, 0.25) is 0 Å². The Morgan fingerprint density at radius 1 is 1.28 bits per heavy atom. The molecular formula is C15H25NO2. The maximum absolute atomic E-state index is 5.60. The number of methoxy groups -OCH3 is 1. The van der Waals surface area contributed by atoms with E-state index >= 15 is 0 Å². The van der Waals surface area contributed by atoms with Crippen molar-refractivity contribution in [1.82, 2.24) is 0 Å². The molecule has 0 aliphatic rings. The fourth-order valence-electron chi connectivity index (χ4n) is 1.53. The molecule has 3 heteroatoms. The monoisotopic (exact) mass is 251 g/mol. The molecule has 0 bridgehead atoms. The van der Waals surface area contributed by atoms with E-state index in [2.05, 4.69) is 32.2 Å². The standard InChI is InChI=1S/C15H25NO2/c1-5-11-18-14-8-6-7-13(12-14)16-10-9-15(2,3)17-4/h6-8,12,16H,5,9-11H2,1-4H3. The first kappa shape index (κ1) is 14.8. The fraction of sp³-hybridized carbons (Fsp3) is 0.600. The summed E-state index contributed by atoms with van der Waals surface area (Å²) in [6, 6.07) is 8.09. The fourth-order valence-corrected chi connectivity index (χ4v) is 1.53. The van der Waals surface area contributed by atoms with Crippen LogP contribution in [0.2, 0.25) is 0 Å². The minimum atomic E-state index is -0.0800. The van der Waals surface area contributed by atoms with Crippen LogP contribution in [-0.4, -0.2) is 25.9 Å². The zero-order chi connectivity index (χ0) is 13.4. The van der Waals surface area contributed by atoms with Crippen molar-refractivity contribution in [3.05, 3.63) is 24.3 Å². The Bertz CT molecular complexity index is 350. The Hall–Kier alpha value is -1.22. The molecule has 1 N–H and O–H groups in total. The van der Waals surface area contributed by atoms with Gasteiger partial charge < -0.3 is 14.8 Å². The second kappa shape index (κ2) is 7.27. The third-order valence-electron chi connectivity index (χ3n) is 2.92. The minimum Gasteiger partial charge on any atom is -0.494 e. The van der Waals surface area contributed by atoms with Crippen LogP contribution < -0.4 is 10.1 Å². The predicted octanol–water partition coefficient (Wildman–Crippen LogP) is 3.70. The van der Waals surface area contributed by atoms with E-state index in [4.69, 9.17) is 9.47 Å². The van der Waals surface area contributed by atoms with Crippen LogP contribution in [0.1, 0.15) is 33.6 Å². The lowest BCUT2D eigenvalue weighted by Gasteiger charge is -2.23. The molecule has 0 aromatic heterocycles. The Balaban J connectivity index is 2.42. The van der Waals surface area contributed by atoms with Gasteiger partial charge >= 0.3 is 0 Å². The van der Waals surface area contributed by atoms with Crippen molar-refractivity contribution in [2.75, 3.05) is 25.6 Å². The highest BCUT2D eigenvalue weighted by molar-refractivity contribution is 5.48. The Kier molecular flexibility index (Phi) is 5.99. The molecule has 18 heavy (non-hydrogen) atoms. The highest BCUT2D eigenvalue weighted by Crippen LogP contribution is 2.19. The average Bonchev–Trinajstić information content (AvgIpc) is 2.37. The smallest absolute Gasteiger partial charge is 0.121 e. The lowest BCUT2D eigenvalue weighted by molar-refractivity contribution is 0.0185. The lowest BCUT2D eigenvalue weighted by Crippen LogP contribution is -2.25. The van der Waals surface area contributed by atoms with Crippen LogP contribution in [-0.2, 0) is 4.74 Å². The second-order valence-electron chi connectivity index (χ2n) is 5.02. The van der Waals surface area contributed by atoms with Crippen molar-refractivity contribution < 1.29 is 9.47 Å². The maximum Gasteiger partial charge on any atom is 0.121 e. The first-order valence-corrected chi connectivity index (χ1v) is 6.59. The van der Waals surface area contributed by atoms with Gasteiger partial charge in [-0.2, -0.15) is 0 Å². The summed E-state index contributed by atoms with van der Waals surface area (Å²) in [5.74, 6) is 0.924. The lowest BCUT2D eigenvalue weighted by atomic mass is 10.1. The number of ether oxygens (including phenoxy) is 2. The number of hydrogen-bond acceptors (Lipinski definition) is 3. The molecule has 1 aromatic rings. The highest BCUT2D eigenvalue weighted by atomic mass is 16.5. The number of benzene rings is 1. The molecule has 0 heterocycles. The van der Waals surface area contributed by atoms with Crippen LogP contribution in [0.4, 0.5) is 5.69 Å². The van der Waals surface area contributed by atoms with E-state index in [0.717, 1.165) is 37.4 Å². The SMILES string of the molecule is CCCOc1cccc(NCCC(C)(C)OC)c1. The van der Waals surface area contributed by atoms with Gasteiger partial charge in [0, 0.05) is 25.4 Å². The topological polar surface area (TPSA) is 30.5 Å². The van der Waals surface area contributed by atoms with Crippen LogP contribution in [0, 0.1) is 0 Å². The van der Waals surface area contributed by atoms with Gasteiger partial charge in [0.05, 0.1) is 12.2 Å². The molecule has 0 aliphatic heterocycles. The molecule has 1 aromatic carbocycles. The zero-order valence-corrected chi connectivity index (χ0v) is 12.0. The summed E-state index contributed by atoms with van der Waals surface area (Å²) < 4.78 is 11.0. The molecule has 0 amide bonds. The second-order valence-corrected chi connectivity index (χ2v) is 5.02. The first-order chi connectivity index (χ1) is 8.57. The van der Waals surface area contributed by atoms with Crippen LogP contribution in [0.15, 0.2) is 24.3 Å². The van der Waals surface area contributed by atoms with Gasteiger partial charge in [-0.05, 0) is 38.8 Å². The summed E-state index contributed by atoms with van der Waals surface area (Å²) in [6.45, 7) is 7.94. The maximum atomic E-state index is 5.60. The molecule has 0 saturated heterocycles. The van der Waals surface area contributed by atoms with Crippen LogP contribution in [0.5, 0.6) is 5.75 Å². The third kappa shape index (κ3) is 5.41. The average molecular weight is 251 g/mol. The van der Waals surface area contributed by atoms with E-state index in [1.54, 1.807) is 7.11 Å². The van der Waals surface area contributed by atoms with E-state index in [1.807, 2.05) is 18.2 Å². The van der Waals surface area contributed by atoms with Crippen molar-refractivity contribution >= 4 is 5.69 Å². The summed E-state index contributed by atoms with van der Waals surface area (Å²) in [6.07, 6.45) is 1.99. The molecule has 0 spiro atoms. The van der Waals surface area contributed by atoms with Crippen LogP contribution in [0.3, 0.4) is 0 Å². The predicted molar refractivity (Wildman–Crippen MR) is 76.4 cm³/mol. The molecule has 0 aliphatic carbocycles. The molecular weight excluding hydrogens is 226 g/mol. The quantitative estimate of drug-likeness (QED) is 0.764. The minimum absolute atomic E-state index is 0.0800. The van der Waals surface area contributed by atoms with Gasteiger partial charge in [0.25, 0.3) is 0 Å². The number of rotatable bonds is 8. The van der Waals surface area contributed by atoms with Crippen molar-refractivity contribution in [3.8, 4) is 5.75 Å². The molecule has 1 rings (SSSR count). The Morgan fingerprint density at radius 3 is 2.72 bits per heavy atom. The first-order valence-electron chi connectivity index (χ1n) is 6.59. The summed E-state index contributed by atoms with van der Waals surface area (Å²) in [4.78, 5) is 0. The molecule has 0 radical (unpaired) electrons. The summed E-state index contributed by atoms with van der Waals surface area (Å²) in [5.41, 5.74) is 1.01. The largest absolute Gasteiger partial charge is 0.494 e. The number of hydrogen-bond donors (Lipinski definition) is 1. The van der Waals surface area contributed by atoms with Crippen molar-refractivity contribution in [1.29, 1.82) is 0 Å². The van der Waals surface area contributed by atoms with Gasteiger partial charge in [-0.15, -0.1) is 0 Å². The van der Waals surface area contributed by atoms with Crippen molar-refractivity contribution in [3.63, 3.8) is 0 Å². The Morgan fingerprint density at radius 2 is 2.06 bits per heavy atom. The van der Waals surface area contributed by atoms with Gasteiger partial charge in [-0.3, -0.25) is 0 Å². The van der Waals surface area contributed by atoms with E-state index in [0.29, 0.717) is 0 Å². The molecule has 102 valence electrons. The molecule has 3 nitrogen and oxygen atoms in total. The van der Waals surface area contributed by atoms with Gasteiger partial charge in [-0.1, -0.05) is 13.0 Å².